The normalized spacial score (nSPS) is 15.9. The van der Waals surface area contributed by atoms with E-state index in [-0.39, 0.29) is 29.1 Å². The van der Waals surface area contributed by atoms with Gasteiger partial charge in [0.1, 0.15) is 0 Å². The van der Waals surface area contributed by atoms with Gasteiger partial charge in [0.05, 0.1) is 10.9 Å². The van der Waals surface area contributed by atoms with E-state index >= 15 is 0 Å². The molecular weight excluding hydrogens is 406 g/mol. The number of nitrogens with zero attached hydrogens (tertiary/aromatic N) is 1. The number of amides is 2. The van der Waals surface area contributed by atoms with Crippen LogP contribution in [0, 0.1) is 0 Å². The van der Waals surface area contributed by atoms with Crippen LogP contribution in [0.5, 0.6) is 0 Å². The van der Waals surface area contributed by atoms with Crippen LogP contribution >= 0.6 is 12.4 Å². The van der Waals surface area contributed by atoms with Crippen LogP contribution in [0.3, 0.4) is 0 Å². The van der Waals surface area contributed by atoms with E-state index in [9.17, 15) is 18.0 Å². The maximum Gasteiger partial charge on any atom is 0.241 e. The molecule has 0 aliphatic carbocycles. The minimum Gasteiger partial charge on any atom is -0.353 e. The summed E-state index contributed by atoms with van der Waals surface area (Å²) in [6, 6.07) is 4.85. The number of sulfonamides is 1. The Morgan fingerprint density at radius 1 is 1.18 bits per heavy atom. The third-order valence-electron chi connectivity index (χ3n) is 4.15. The zero-order chi connectivity index (χ0) is 19.9. The third-order valence-corrected chi connectivity index (χ3v) is 5.70. The quantitative estimate of drug-likeness (QED) is 0.449. The molecule has 158 valence electrons. The fraction of sp³-hybridized carbons (Fsp3) is 0.529. The molecule has 0 saturated carbocycles. The molecule has 1 aromatic carbocycles. The van der Waals surface area contributed by atoms with E-state index < -0.39 is 16.1 Å². The molecule has 1 saturated heterocycles. The maximum atomic E-state index is 12.4. The van der Waals surface area contributed by atoms with Crippen LogP contribution in [0.2, 0.25) is 0 Å². The highest BCUT2D eigenvalue weighted by Crippen LogP contribution is 2.14. The Labute approximate surface area is 172 Å². The molecule has 11 heteroatoms. The van der Waals surface area contributed by atoms with Crippen molar-refractivity contribution in [2.24, 2.45) is 0 Å². The van der Waals surface area contributed by atoms with Gasteiger partial charge >= 0.3 is 0 Å². The number of hydrogen-bond donors (Lipinski definition) is 4. The van der Waals surface area contributed by atoms with Crippen LogP contribution in [0.15, 0.2) is 29.2 Å². The smallest absolute Gasteiger partial charge is 0.241 e. The van der Waals surface area contributed by atoms with Gasteiger partial charge in [-0.1, -0.05) is 0 Å². The zero-order valence-electron chi connectivity index (χ0n) is 16.0. The van der Waals surface area contributed by atoms with E-state index in [1.165, 1.54) is 38.1 Å². The summed E-state index contributed by atoms with van der Waals surface area (Å²) < 4.78 is 27.2. The van der Waals surface area contributed by atoms with Crippen molar-refractivity contribution in [3.63, 3.8) is 0 Å². The number of anilines is 1. The summed E-state index contributed by atoms with van der Waals surface area (Å²) in [5, 5.41) is 8.59. The average molecular weight is 434 g/mol. The van der Waals surface area contributed by atoms with E-state index in [0.717, 1.165) is 32.7 Å². The van der Waals surface area contributed by atoms with Gasteiger partial charge in [0.25, 0.3) is 0 Å². The van der Waals surface area contributed by atoms with Crippen molar-refractivity contribution in [3.8, 4) is 0 Å². The molecule has 1 aliphatic heterocycles. The minimum atomic E-state index is -3.84. The highest BCUT2D eigenvalue weighted by molar-refractivity contribution is 7.89. The molecule has 1 fully saturated rings. The molecule has 2 rings (SSSR count). The molecule has 0 bridgehead atoms. The molecule has 1 unspecified atom stereocenters. The lowest BCUT2D eigenvalue weighted by molar-refractivity contribution is -0.122. The van der Waals surface area contributed by atoms with Crippen molar-refractivity contribution in [1.29, 1.82) is 0 Å². The van der Waals surface area contributed by atoms with Crippen LogP contribution in [0.4, 0.5) is 5.69 Å². The van der Waals surface area contributed by atoms with Crippen molar-refractivity contribution in [2.75, 3.05) is 44.6 Å². The number of hydrogen-bond acceptors (Lipinski definition) is 6. The van der Waals surface area contributed by atoms with E-state index in [4.69, 9.17) is 0 Å². The second-order valence-corrected chi connectivity index (χ2v) is 8.15. The Balaban J connectivity index is 0.00000392. The monoisotopic (exact) mass is 433 g/mol. The van der Waals surface area contributed by atoms with E-state index in [1.54, 1.807) is 0 Å². The molecular formula is C17H28ClN5O4S. The van der Waals surface area contributed by atoms with Crippen molar-refractivity contribution in [1.82, 2.24) is 20.3 Å². The molecule has 1 atom stereocenters. The number of nitrogens with one attached hydrogen (secondary N) is 4. The van der Waals surface area contributed by atoms with E-state index in [2.05, 4.69) is 25.6 Å². The number of carbonyl (C=O) groups excluding carboxylic acids is 2. The highest BCUT2D eigenvalue weighted by Gasteiger charge is 2.22. The van der Waals surface area contributed by atoms with Gasteiger partial charge in [-0.3, -0.25) is 14.5 Å². The van der Waals surface area contributed by atoms with Crippen molar-refractivity contribution in [2.45, 2.75) is 24.8 Å². The molecule has 0 aromatic heterocycles. The van der Waals surface area contributed by atoms with Gasteiger partial charge in [-0.05, 0) is 31.2 Å². The number of rotatable bonds is 8. The van der Waals surface area contributed by atoms with Crippen LogP contribution in [-0.2, 0) is 19.6 Å². The number of benzene rings is 1. The summed E-state index contributed by atoms with van der Waals surface area (Å²) in [4.78, 5) is 25.4. The van der Waals surface area contributed by atoms with E-state index in [0.29, 0.717) is 12.2 Å². The Morgan fingerprint density at radius 2 is 1.79 bits per heavy atom. The molecule has 2 amide bonds. The third kappa shape index (κ3) is 7.72. The zero-order valence-corrected chi connectivity index (χ0v) is 17.7. The molecule has 0 spiro atoms. The van der Waals surface area contributed by atoms with Gasteiger partial charge in [-0.2, -0.15) is 4.72 Å². The summed E-state index contributed by atoms with van der Waals surface area (Å²) in [7, 11) is -3.84. The number of carbonyl (C=O) groups is 2. The Morgan fingerprint density at radius 3 is 2.36 bits per heavy atom. The summed E-state index contributed by atoms with van der Waals surface area (Å²) in [5.41, 5.74) is 0.500. The van der Waals surface area contributed by atoms with E-state index in [1.807, 2.05) is 0 Å². The number of halogens is 1. The predicted octanol–water partition coefficient (Wildman–Crippen LogP) is -0.245. The Kier molecular flexibility index (Phi) is 9.83. The maximum absolute atomic E-state index is 12.4. The summed E-state index contributed by atoms with van der Waals surface area (Å²) >= 11 is 0. The van der Waals surface area contributed by atoms with Gasteiger partial charge < -0.3 is 16.0 Å². The topological polar surface area (TPSA) is 120 Å². The van der Waals surface area contributed by atoms with Crippen LogP contribution < -0.4 is 20.7 Å². The van der Waals surface area contributed by atoms with Crippen LogP contribution in [0.1, 0.15) is 13.8 Å². The van der Waals surface area contributed by atoms with Gasteiger partial charge in [0, 0.05) is 51.9 Å². The van der Waals surface area contributed by atoms with Gasteiger partial charge in [0.2, 0.25) is 21.8 Å². The lowest BCUT2D eigenvalue weighted by atomic mass is 10.3. The first-order valence-electron chi connectivity index (χ1n) is 8.89. The molecule has 1 aliphatic rings. The second kappa shape index (κ2) is 11.3. The standard InChI is InChI=1S/C17H27N5O4S.ClH/c1-13(17(24)19-9-12-22-10-7-18-8-11-22)21-27(25,26)16-5-3-15(4-6-16)20-14(2)23;/h3-6,13,18,21H,7-12H2,1-2H3,(H,19,24)(H,20,23);1H. The van der Waals surface area contributed by atoms with Gasteiger partial charge in [0.15, 0.2) is 0 Å². The summed E-state index contributed by atoms with van der Waals surface area (Å²) in [5.74, 6) is -0.613. The lowest BCUT2D eigenvalue weighted by Crippen LogP contribution is -2.49. The number of piperazine rings is 1. The largest absolute Gasteiger partial charge is 0.353 e. The van der Waals surface area contributed by atoms with Crippen molar-refractivity contribution >= 4 is 39.9 Å². The molecule has 0 radical (unpaired) electrons. The van der Waals surface area contributed by atoms with Crippen molar-refractivity contribution in [3.05, 3.63) is 24.3 Å². The fourth-order valence-electron chi connectivity index (χ4n) is 2.70. The molecule has 9 nitrogen and oxygen atoms in total. The minimum absolute atomic E-state index is 0. The molecule has 1 aromatic rings. The Hall–Kier alpha value is -1.72. The molecule has 4 N–H and O–H groups in total. The van der Waals surface area contributed by atoms with Crippen LogP contribution in [0.25, 0.3) is 0 Å². The fourth-order valence-corrected chi connectivity index (χ4v) is 3.90. The predicted molar refractivity (Wildman–Crippen MR) is 110 cm³/mol. The SMILES string of the molecule is CC(=O)Nc1ccc(S(=O)(=O)NC(C)C(=O)NCCN2CCNCC2)cc1.Cl. The summed E-state index contributed by atoms with van der Waals surface area (Å²) in [6.07, 6.45) is 0. The average Bonchev–Trinajstić information content (AvgIpc) is 2.62. The first-order valence-corrected chi connectivity index (χ1v) is 10.4. The summed E-state index contributed by atoms with van der Waals surface area (Å²) in [6.45, 7) is 7.82. The second-order valence-electron chi connectivity index (χ2n) is 6.43. The van der Waals surface area contributed by atoms with Gasteiger partial charge in [-0.25, -0.2) is 8.42 Å². The Bertz CT molecular complexity index is 751. The first kappa shape index (κ1) is 24.3. The molecule has 1 heterocycles. The van der Waals surface area contributed by atoms with Gasteiger partial charge in [-0.15, -0.1) is 12.4 Å². The molecule has 28 heavy (non-hydrogen) atoms. The first-order chi connectivity index (χ1) is 12.8. The highest BCUT2D eigenvalue weighted by atomic mass is 35.5. The lowest BCUT2D eigenvalue weighted by Gasteiger charge is -2.27. The van der Waals surface area contributed by atoms with Crippen LogP contribution in [-0.4, -0.2) is 70.4 Å². The van der Waals surface area contributed by atoms with Crippen molar-refractivity contribution < 1.29 is 18.0 Å².